The Balaban J connectivity index is 1.55. The summed E-state index contributed by atoms with van der Waals surface area (Å²) in [7, 11) is 1.79. The minimum atomic E-state index is -0.307. The lowest BCUT2D eigenvalue weighted by Gasteiger charge is -2.27. The van der Waals surface area contributed by atoms with E-state index in [1.165, 1.54) is 5.56 Å². The number of ether oxygens (including phenoxy) is 1. The number of hydrogen-bond acceptors (Lipinski definition) is 4. The van der Waals surface area contributed by atoms with Crippen molar-refractivity contribution in [3.8, 4) is 0 Å². The second-order valence-corrected chi connectivity index (χ2v) is 6.90. The number of hydrogen-bond donors (Lipinski definition) is 0. The van der Waals surface area contributed by atoms with Crippen LogP contribution < -0.4 is 0 Å². The SMILES string of the molecule is COC1CCC(c2ccc(C(=O)OSc3ccccc3)cc2)CC1. The molecule has 0 radical (unpaired) electrons. The Morgan fingerprint density at radius 3 is 2.25 bits per heavy atom. The van der Waals surface area contributed by atoms with E-state index in [0.717, 1.165) is 42.6 Å². The Hall–Kier alpha value is -1.78. The van der Waals surface area contributed by atoms with Gasteiger partial charge in [-0.1, -0.05) is 30.3 Å². The number of benzene rings is 2. The number of carbonyl (C=O) groups is 1. The average molecular weight is 342 g/mol. The number of rotatable bonds is 5. The summed E-state index contributed by atoms with van der Waals surface area (Å²) in [6.07, 6.45) is 4.92. The Labute approximate surface area is 147 Å². The highest BCUT2D eigenvalue weighted by Crippen LogP contribution is 2.34. The molecule has 4 heteroatoms. The second kappa shape index (κ2) is 8.36. The van der Waals surface area contributed by atoms with E-state index in [2.05, 4.69) is 12.1 Å². The molecule has 0 saturated heterocycles. The summed E-state index contributed by atoms with van der Waals surface area (Å²) in [6.45, 7) is 0. The molecular weight excluding hydrogens is 320 g/mol. The first kappa shape index (κ1) is 17.1. The number of carbonyl (C=O) groups excluding carboxylic acids is 1. The van der Waals surface area contributed by atoms with Gasteiger partial charge in [-0.3, -0.25) is 0 Å². The first-order valence-corrected chi connectivity index (χ1v) is 9.07. The van der Waals surface area contributed by atoms with Crippen molar-refractivity contribution in [2.75, 3.05) is 7.11 Å². The zero-order valence-electron chi connectivity index (χ0n) is 13.8. The molecule has 0 heterocycles. The van der Waals surface area contributed by atoms with Gasteiger partial charge in [0, 0.05) is 12.0 Å². The van der Waals surface area contributed by atoms with Crippen molar-refractivity contribution < 1.29 is 13.7 Å². The van der Waals surface area contributed by atoms with Gasteiger partial charge in [-0.15, -0.1) is 0 Å². The van der Waals surface area contributed by atoms with Crippen molar-refractivity contribution in [1.82, 2.24) is 0 Å². The lowest BCUT2D eigenvalue weighted by Crippen LogP contribution is -2.19. The molecule has 0 unspecified atom stereocenters. The van der Waals surface area contributed by atoms with Crippen LogP contribution in [0.5, 0.6) is 0 Å². The van der Waals surface area contributed by atoms with E-state index < -0.39 is 0 Å². The van der Waals surface area contributed by atoms with Gasteiger partial charge < -0.3 is 8.92 Å². The third-order valence-electron chi connectivity index (χ3n) is 4.58. The zero-order chi connectivity index (χ0) is 16.8. The zero-order valence-corrected chi connectivity index (χ0v) is 14.6. The molecular formula is C20H22O3S. The highest BCUT2D eigenvalue weighted by Gasteiger charge is 2.22. The molecule has 0 spiro atoms. The van der Waals surface area contributed by atoms with Crippen LogP contribution in [0.25, 0.3) is 0 Å². The molecule has 0 aliphatic heterocycles. The van der Waals surface area contributed by atoms with Crippen molar-refractivity contribution in [3.63, 3.8) is 0 Å². The second-order valence-electron chi connectivity index (χ2n) is 6.10. The van der Waals surface area contributed by atoms with Gasteiger partial charge in [-0.05, 0) is 61.4 Å². The fourth-order valence-corrected chi connectivity index (χ4v) is 3.67. The van der Waals surface area contributed by atoms with Crippen LogP contribution in [-0.2, 0) is 8.92 Å². The van der Waals surface area contributed by atoms with Crippen LogP contribution in [0.1, 0.15) is 47.5 Å². The monoisotopic (exact) mass is 342 g/mol. The van der Waals surface area contributed by atoms with Gasteiger partial charge in [0.1, 0.15) is 0 Å². The third kappa shape index (κ3) is 4.40. The molecule has 0 atom stereocenters. The van der Waals surface area contributed by atoms with Gasteiger partial charge in [0.05, 0.1) is 23.7 Å². The van der Waals surface area contributed by atoms with E-state index in [1.54, 1.807) is 7.11 Å². The van der Waals surface area contributed by atoms with Gasteiger partial charge in [-0.25, -0.2) is 4.79 Å². The maximum Gasteiger partial charge on any atom is 0.350 e. The van der Waals surface area contributed by atoms with Crippen LogP contribution in [0.2, 0.25) is 0 Å². The molecule has 126 valence electrons. The van der Waals surface area contributed by atoms with Crippen molar-refractivity contribution >= 4 is 18.0 Å². The Morgan fingerprint density at radius 1 is 0.958 bits per heavy atom. The van der Waals surface area contributed by atoms with E-state index in [0.29, 0.717) is 17.6 Å². The van der Waals surface area contributed by atoms with Crippen LogP contribution in [0.4, 0.5) is 0 Å². The molecule has 2 aromatic carbocycles. The molecule has 0 bridgehead atoms. The predicted molar refractivity (Wildman–Crippen MR) is 96.2 cm³/mol. The van der Waals surface area contributed by atoms with E-state index in [9.17, 15) is 4.79 Å². The molecule has 3 nitrogen and oxygen atoms in total. The maximum absolute atomic E-state index is 12.1. The Morgan fingerprint density at radius 2 is 1.62 bits per heavy atom. The van der Waals surface area contributed by atoms with E-state index in [1.807, 2.05) is 42.5 Å². The van der Waals surface area contributed by atoms with E-state index >= 15 is 0 Å². The first-order chi connectivity index (χ1) is 11.8. The van der Waals surface area contributed by atoms with E-state index in [4.69, 9.17) is 8.92 Å². The fraction of sp³-hybridized carbons (Fsp3) is 0.350. The highest BCUT2D eigenvalue weighted by molar-refractivity contribution is 7.95. The highest BCUT2D eigenvalue weighted by atomic mass is 32.2. The predicted octanol–water partition coefficient (Wildman–Crippen LogP) is 5.22. The lowest BCUT2D eigenvalue weighted by atomic mass is 9.82. The number of methoxy groups -OCH3 is 1. The van der Waals surface area contributed by atoms with Gasteiger partial charge in [-0.2, -0.15) is 0 Å². The molecule has 1 saturated carbocycles. The Bertz CT molecular complexity index is 646. The average Bonchev–Trinajstić information content (AvgIpc) is 2.67. The van der Waals surface area contributed by atoms with Crippen LogP contribution in [0, 0.1) is 0 Å². The summed E-state index contributed by atoms with van der Waals surface area (Å²) in [5.41, 5.74) is 1.89. The molecule has 2 aromatic rings. The van der Waals surface area contributed by atoms with Crippen molar-refractivity contribution in [2.45, 2.75) is 42.6 Å². The first-order valence-electron chi connectivity index (χ1n) is 8.33. The largest absolute Gasteiger partial charge is 0.382 e. The fourth-order valence-electron chi connectivity index (χ4n) is 3.13. The normalized spacial score (nSPS) is 20.5. The topological polar surface area (TPSA) is 35.5 Å². The maximum atomic E-state index is 12.1. The molecule has 1 fully saturated rings. The minimum absolute atomic E-state index is 0.307. The van der Waals surface area contributed by atoms with Crippen molar-refractivity contribution in [1.29, 1.82) is 0 Å². The quantitative estimate of drug-likeness (QED) is 0.698. The van der Waals surface area contributed by atoms with Crippen molar-refractivity contribution in [2.24, 2.45) is 0 Å². The standard InChI is InChI=1S/C20H22O3S/c1-22-18-13-11-16(12-14-18)15-7-9-17(10-8-15)20(21)23-24-19-5-3-2-4-6-19/h2-10,16,18H,11-14H2,1H3. The summed E-state index contributed by atoms with van der Waals surface area (Å²) in [6, 6.07) is 17.5. The van der Waals surface area contributed by atoms with Crippen molar-refractivity contribution in [3.05, 3.63) is 65.7 Å². The lowest BCUT2D eigenvalue weighted by molar-refractivity contribution is 0.0659. The smallest absolute Gasteiger partial charge is 0.350 e. The molecule has 0 amide bonds. The third-order valence-corrected chi connectivity index (χ3v) is 5.28. The molecule has 0 aromatic heterocycles. The molecule has 24 heavy (non-hydrogen) atoms. The Kier molecular flexibility index (Phi) is 5.94. The molecule has 0 N–H and O–H groups in total. The van der Waals surface area contributed by atoms with Crippen LogP contribution >= 0.6 is 12.0 Å². The molecule has 1 aliphatic rings. The van der Waals surface area contributed by atoms with Crippen LogP contribution in [0.15, 0.2) is 59.5 Å². The van der Waals surface area contributed by atoms with E-state index in [-0.39, 0.29) is 5.97 Å². The summed E-state index contributed by atoms with van der Waals surface area (Å²) < 4.78 is 10.7. The summed E-state index contributed by atoms with van der Waals surface area (Å²) in [5.74, 6) is 0.263. The van der Waals surface area contributed by atoms with Crippen LogP contribution in [-0.4, -0.2) is 19.2 Å². The summed E-state index contributed by atoms with van der Waals surface area (Å²) in [4.78, 5) is 13.0. The summed E-state index contributed by atoms with van der Waals surface area (Å²) >= 11 is 1.09. The van der Waals surface area contributed by atoms with Gasteiger partial charge >= 0.3 is 5.97 Å². The minimum Gasteiger partial charge on any atom is -0.382 e. The summed E-state index contributed by atoms with van der Waals surface area (Å²) in [5, 5.41) is 0. The van der Waals surface area contributed by atoms with Gasteiger partial charge in [0.2, 0.25) is 0 Å². The van der Waals surface area contributed by atoms with Gasteiger partial charge in [0.15, 0.2) is 0 Å². The molecule has 3 rings (SSSR count). The van der Waals surface area contributed by atoms with Gasteiger partial charge in [0.25, 0.3) is 0 Å². The molecule has 1 aliphatic carbocycles. The van der Waals surface area contributed by atoms with Crippen LogP contribution in [0.3, 0.4) is 0 Å².